The summed E-state index contributed by atoms with van der Waals surface area (Å²) in [5, 5.41) is 0. The zero-order valence-corrected chi connectivity index (χ0v) is 16.6. The van der Waals surface area contributed by atoms with Gasteiger partial charge in [-0.3, -0.25) is 0 Å². The van der Waals surface area contributed by atoms with Crippen LogP contribution < -0.4 is 0 Å². The molecule has 0 N–H and O–H groups in total. The van der Waals surface area contributed by atoms with Gasteiger partial charge in [0.05, 0.1) is 18.3 Å². The highest BCUT2D eigenvalue weighted by Crippen LogP contribution is 2.61. The van der Waals surface area contributed by atoms with E-state index in [2.05, 4.69) is 6.92 Å². The Hall–Kier alpha value is -0.380. The molecule has 0 saturated heterocycles. The fourth-order valence-corrected chi connectivity index (χ4v) is 7.09. The molecule has 0 amide bonds. The van der Waals surface area contributed by atoms with Crippen LogP contribution in [-0.2, 0) is 14.2 Å². The Morgan fingerprint density at radius 2 is 1.64 bits per heavy atom. The zero-order valence-electron chi connectivity index (χ0n) is 16.6. The zero-order chi connectivity index (χ0) is 17.6. The molecular weight excluding hydrogens is 312 g/mol. The summed E-state index contributed by atoms with van der Waals surface area (Å²) in [6.45, 7) is 2.51. The van der Waals surface area contributed by atoms with E-state index < -0.39 is 0 Å². The van der Waals surface area contributed by atoms with Crippen LogP contribution in [0, 0.1) is 23.2 Å². The van der Waals surface area contributed by atoms with Gasteiger partial charge in [0, 0.05) is 21.3 Å². The van der Waals surface area contributed by atoms with Crippen molar-refractivity contribution in [3.8, 4) is 0 Å². The molecule has 7 atom stereocenters. The monoisotopic (exact) mass is 348 g/mol. The van der Waals surface area contributed by atoms with Crippen LogP contribution in [0.5, 0.6) is 0 Å². The number of hydrogen-bond acceptors (Lipinski definition) is 3. The molecule has 4 rings (SSSR count). The van der Waals surface area contributed by atoms with E-state index in [1.54, 1.807) is 11.1 Å². The molecule has 142 valence electrons. The van der Waals surface area contributed by atoms with Gasteiger partial charge in [0.15, 0.2) is 0 Å². The maximum atomic E-state index is 5.97. The largest absolute Gasteiger partial charge is 0.381 e. The van der Waals surface area contributed by atoms with Gasteiger partial charge >= 0.3 is 0 Å². The van der Waals surface area contributed by atoms with Crippen molar-refractivity contribution in [2.24, 2.45) is 23.2 Å². The first-order valence-electron chi connectivity index (χ1n) is 10.4. The topological polar surface area (TPSA) is 27.7 Å². The quantitative estimate of drug-likeness (QED) is 0.689. The van der Waals surface area contributed by atoms with Crippen molar-refractivity contribution in [3.63, 3.8) is 0 Å². The number of allylic oxidation sites excluding steroid dienone is 1. The lowest BCUT2D eigenvalue weighted by atomic mass is 9.57. The predicted octanol–water partition coefficient (Wildman–Crippen LogP) is 4.75. The Morgan fingerprint density at radius 3 is 2.36 bits per heavy atom. The third-order valence-electron chi connectivity index (χ3n) is 8.42. The van der Waals surface area contributed by atoms with E-state index in [0.717, 1.165) is 30.6 Å². The van der Waals surface area contributed by atoms with Crippen molar-refractivity contribution in [2.75, 3.05) is 21.3 Å². The molecule has 3 nitrogen and oxygen atoms in total. The lowest BCUT2D eigenvalue weighted by molar-refractivity contribution is -0.0577. The first kappa shape index (κ1) is 18.0. The Kier molecular flexibility index (Phi) is 5.02. The van der Waals surface area contributed by atoms with E-state index >= 15 is 0 Å². The van der Waals surface area contributed by atoms with Gasteiger partial charge in [-0.1, -0.05) is 18.1 Å². The van der Waals surface area contributed by atoms with Gasteiger partial charge in [-0.25, -0.2) is 0 Å². The van der Waals surface area contributed by atoms with Crippen LogP contribution in [0.1, 0.15) is 64.7 Å². The van der Waals surface area contributed by atoms with Crippen LogP contribution in [0.4, 0.5) is 0 Å². The highest BCUT2D eigenvalue weighted by atomic mass is 16.5. The van der Waals surface area contributed by atoms with Gasteiger partial charge in [0.25, 0.3) is 0 Å². The second-order valence-electron chi connectivity index (χ2n) is 9.25. The lowest BCUT2D eigenvalue weighted by Gasteiger charge is -2.49. The Balaban J connectivity index is 1.66. The fourth-order valence-electron chi connectivity index (χ4n) is 7.09. The number of rotatable bonds is 3. The molecule has 0 aromatic rings. The second-order valence-corrected chi connectivity index (χ2v) is 9.25. The summed E-state index contributed by atoms with van der Waals surface area (Å²) in [6.07, 6.45) is 12.5. The van der Waals surface area contributed by atoms with Crippen LogP contribution in [0.25, 0.3) is 0 Å². The van der Waals surface area contributed by atoms with Crippen LogP contribution in [0.15, 0.2) is 11.1 Å². The molecule has 0 spiro atoms. The molecular formula is C22H36O3. The predicted molar refractivity (Wildman–Crippen MR) is 99.5 cm³/mol. The summed E-state index contributed by atoms with van der Waals surface area (Å²) in [7, 11) is 5.71. The molecule has 0 aromatic heterocycles. The van der Waals surface area contributed by atoms with E-state index in [9.17, 15) is 0 Å². The third kappa shape index (κ3) is 2.91. The molecule has 3 heteroatoms. The molecule has 4 aliphatic rings. The number of methoxy groups -OCH3 is 3. The minimum absolute atomic E-state index is 0.378. The first-order valence-corrected chi connectivity index (χ1v) is 10.4. The molecule has 0 aliphatic heterocycles. The van der Waals surface area contributed by atoms with Gasteiger partial charge < -0.3 is 14.2 Å². The number of fused-ring (bicyclic) bond motifs is 4. The van der Waals surface area contributed by atoms with Gasteiger partial charge in [0.1, 0.15) is 0 Å². The summed E-state index contributed by atoms with van der Waals surface area (Å²) in [5.74, 6) is 2.39. The van der Waals surface area contributed by atoms with Crippen LogP contribution in [-0.4, -0.2) is 39.6 Å². The maximum absolute atomic E-state index is 5.97. The van der Waals surface area contributed by atoms with Crippen molar-refractivity contribution in [1.82, 2.24) is 0 Å². The van der Waals surface area contributed by atoms with Crippen molar-refractivity contribution >= 4 is 0 Å². The Morgan fingerprint density at radius 1 is 0.880 bits per heavy atom. The summed E-state index contributed by atoms with van der Waals surface area (Å²) >= 11 is 0. The van der Waals surface area contributed by atoms with E-state index in [1.165, 1.54) is 44.9 Å². The SMILES string of the molecule is COC1CCC2=C(C1)CC(OC)CC1C2CCC2(C)C(OC)CCC12. The molecule has 2 fully saturated rings. The van der Waals surface area contributed by atoms with Crippen molar-refractivity contribution in [2.45, 2.75) is 83.0 Å². The van der Waals surface area contributed by atoms with Crippen molar-refractivity contribution in [3.05, 3.63) is 11.1 Å². The minimum atomic E-state index is 0.378. The van der Waals surface area contributed by atoms with Gasteiger partial charge in [-0.15, -0.1) is 0 Å². The third-order valence-corrected chi connectivity index (χ3v) is 8.42. The molecule has 0 aromatic carbocycles. The van der Waals surface area contributed by atoms with Gasteiger partial charge in [-0.05, 0) is 81.0 Å². The minimum Gasteiger partial charge on any atom is -0.381 e. The molecule has 25 heavy (non-hydrogen) atoms. The summed E-state index contributed by atoms with van der Waals surface area (Å²) in [5.41, 5.74) is 3.87. The summed E-state index contributed by atoms with van der Waals surface area (Å²) < 4.78 is 17.6. The Labute approximate surface area is 153 Å². The van der Waals surface area contributed by atoms with Crippen LogP contribution in [0.2, 0.25) is 0 Å². The Bertz CT molecular complexity index is 527. The fraction of sp³-hybridized carbons (Fsp3) is 0.909. The maximum Gasteiger partial charge on any atom is 0.0627 e. The van der Waals surface area contributed by atoms with Crippen LogP contribution in [0.3, 0.4) is 0 Å². The molecule has 2 saturated carbocycles. The molecule has 0 radical (unpaired) electrons. The van der Waals surface area contributed by atoms with Crippen LogP contribution >= 0.6 is 0 Å². The van der Waals surface area contributed by atoms with Crippen molar-refractivity contribution in [1.29, 1.82) is 0 Å². The average Bonchev–Trinajstić information content (AvgIpc) is 2.88. The first-order chi connectivity index (χ1) is 12.1. The summed E-state index contributed by atoms with van der Waals surface area (Å²) in [4.78, 5) is 0. The number of ether oxygens (including phenoxy) is 3. The van der Waals surface area contributed by atoms with E-state index in [1.807, 2.05) is 21.3 Å². The van der Waals surface area contributed by atoms with Gasteiger partial charge in [-0.2, -0.15) is 0 Å². The average molecular weight is 349 g/mol. The molecule has 0 bridgehead atoms. The highest BCUT2D eigenvalue weighted by molar-refractivity contribution is 5.26. The number of hydrogen-bond donors (Lipinski definition) is 0. The smallest absolute Gasteiger partial charge is 0.0627 e. The van der Waals surface area contributed by atoms with E-state index in [4.69, 9.17) is 14.2 Å². The summed E-state index contributed by atoms with van der Waals surface area (Å²) in [6, 6.07) is 0. The standard InChI is InChI=1S/C22H36O3/c1-22-10-9-18-17-6-5-15(23-2)11-14(17)12-16(24-3)13-19(18)20(22)7-8-21(22)25-4/h15-16,18-21H,5-13H2,1-4H3. The van der Waals surface area contributed by atoms with Crippen molar-refractivity contribution < 1.29 is 14.2 Å². The normalized spacial score (nSPS) is 47.0. The molecule has 0 heterocycles. The lowest BCUT2D eigenvalue weighted by Crippen LogP contribution is -2.45. The van der Waals surface area contributed by atoms with Gasteiger partial charge in [0.2, 0.25) is 0 Å². The molecule has 7 unspecified atom stereocenters. The van der Waals surface area contributed by atoms with E-state index in [0.29, 0.717) is 23.7 Å². The van der Waals surface area contributed by atoms with E-state index in [-0.39, 0.29) is 0 Å². The second kappa shape index (κ2) is 6.98. The highest BCUT2D eigenvalue weighted by Gasteiger charge is 2.55. The molecule has 4 aliphatic carbocycles.